The van der Waals surface area contributed by atoms with Gasteiger partial charge in [0, 0.05) is 23.7 Å². The second kappa shape index (κ2) is 4.47. The van der Waals surface area contributed by atoms with Crippen molar-refractivity contribution < 1.29 is 13.5 Å². The van der Waals surface area contributed by atoms with E-state index < -0.39 is 21.2 Å². The van der Waals surface area contributed by atoms with Crippen LogP contribution in [-0.4, -0.2) is 29.7 Å². The molecule has 5 nitrogen and oxygen atoms in total. The van der Waals surface area contributed by atoms with Gasteiger partial charge in [-0.05, 0) is 20.8 Å². The molecule has 1 aromatic rings. The van der Waals surface area contributed by atoms with E-state index >= 15 is 0 Å². The van der Waals surface area contributed by atoms with Crippen LogP contribution in [0.4, 0.5) is 0 Å². The Balaban J connectivity index is 3.16. The molecule has 1 heterocycles. The molecule has 1 aromatic heterocycles. The van der Waals surface area contributed by atoms with E-state index in [4.69, 9.17) is 0 Å². The summed E-state index contributed by atoms with van der Waals surface area (Å²) in [5.41, 5.74) is 1.22. The molecule has 90 valence electrons. The van der Waals surface area contributed by atoms with Crippen molar-refractivity contribution >= 4 is 9.84 Å². The quantitative estimate of drug-likeness (QED) is 0.856. The molecule has 1 N–H and O–H groups in total. The van der Waals surface area contributed by atoms with Crippen molar-refractivity contribution in [1.29, 1.82) is 0 Å². The Hall–Kier alpha value is -1.01. The smallest absolute Gasteiger partial charge is 0.157 e. The zero-order valence-electron chi connectivity index (χ0n) is 9.80. The fourth-order valence-electron chi connectivity index (χ4n) is 1.29. The lowest BCUT2D eigenvalue weighted by molar-refractivity contribution is 0.197. The molecule has 0 spiro atoms. The SMILES string of the molecule is Cc1nc(C(C)S(C)(=O)=O)ncc1[C@H](C)O. The third-order valence-corrected chi connectivity index (χ3v) is 3.99. The molecule has 0 amide bonds. The van der Waals surface area contributed by atoms with Gasteiger partial charge in [0.15, 0.2) is 9.84 Å². The number of aliphatic hydroxyl groups is 1. The van der Waals surface area contributed by atoms with E-state index in [1.165, 1.54) is 6.20 Å². The van der Waals surface area contributed by atoms with Crippen LogP contribution in [0, 0.1) is 6.92 Å². The number of aryl methyl sites for hydroxylation is 1. The van der Waals surface area contributed by atoms with Gasteiger partial charge in [0.05, 0.1) is 6.10 Å². The van der Waals surface area contributed by atoms with Crippen molar-refractivity contribution in [3.8, 4) is 0 Å². The first-order chi connectivity index (χ1) is 7.23. The molecule has 0 radical (unpaired) electrons. The van der Waals surface area contributed by atoms with E-state index in [0.717, 1.165) is 6.26 Å². The maximum absolute atomic E-state index is 11.3. The Morgan fingerprint density at radius 1 is 1.38 bits per heavy atom. The number of aliphatic hydroxyl groups excluding tert-OH is 1. The molecular weight excluding hydrogens is 228 g/mol. The van der Waals surface area contributed by atoms with E-state index in [9.17, 15) is 13.5 Å². The summed E-state index contributed by atoms with van der Waals surface area (Å²) in [5, 5.41) is 8.67. The first kappa shape index (κ1) is 13.1. The molecule has 0 aliphatic rings. The number of hydrogen-bond acceptors (Lipinski definition) is 5. The minimum Gasteiger partial charge on any atom is -0.389 e. The van der Waals surface area contributed by atoms with Gasteiger partial charge in [0.1, 0.15) is 11.1 Å². The number of rotatable bonds is 3. The highest BCUT2D eigenvalue weighted by Gasteiger charge is 2.21. The monoisotopic (exact) mass is 244 g/mol. The van der Waals surface area contributed by atoms with Gasteiger partial charge < -0.3 is 5.11 Å². The van der Waals surface area contributed by atoms with Crippen molar-refractivity contribution in [3.63, 3.8) is 0 Å². The van der Waals surface area contributed by atoms with Gasteiger partial charge in [-0.15, -0.1) is 0 Å². The largest absolute Gasteiger partial charge is 0.389 e. The highest BCUT2D eigenvalue weighted by Crippen LogP contribution is 2.20. The number of nitrogens with zero attached hydrogens (tertiary/aromatic N) is 2. The van der Waals surface area contributed by atoms with Crippen LogP contribution in [-0.2, 0) is 9.84 Å². The fraction of sp³-hybridized carbons (Fsp3) is 0.600. The average molecular weight is 244 g/mol. The Morgan fingerprint density at radius 3 is 2.31 bits per heavy atom. The Bertz CT molecular complexity index is 483. The van der Waals surface area contributed by atoms with E-state index in [0.29, 0.717) is 11.3 Å². The molecule has 6 heteroatoms. The zero-order chi connectivity index (χ0) is 12.5. The van der Waals surface area contributed by atoms with E-state index in [1.807, 2.05) is 0 Å². The minimum atomic E-state index is -3.19. The van der Waals surface area contributed by atoms with Gasteiger partial charge in [0.2, 0.25) is 0 Å². The second-order valence-corrected chi connectivity index (χ2v) is 6.28. The second-order valence-electron chi connectivity index (χ2n) is 3.92. The Kier molecular flexibility index (Phi) is 3.64. The van der Waals surface area contributed by atoms with Crippen molar-refractivity contribution in [3.05, 3.63) is 23.3 Å². The molecule has 0 aliphatic carbocycles. The normalized spacial score (nSPS) is 15.8. The molecule has 0 aliphatic heterocycles. The standard InChI is InChI=1S/C10H16N2O3S/c1-6-9(7(2)13)5-11-10(12-6)8(3)16(4,14)15/h5,7-8,13H,1-4H3/t7-,8?/m0/s1. The van der Waals surface area contributed by atoms with Crippen molar-refractivity contribution in [1.82, 2.24) is 9.97 Å². The zero-order valence-corrected chi connectivity index (χ0v) is 10.6. The highest BCUT2D eigenvalue weighted by molar-refractivity contribution is 7.90. The van der Waals surface area contributed by atoms with Gasteiger partial charge in [-0.25, -0.2) is 18.4 Å². The van der Waals surface area contributed by atoms with Crippen molar-refractivity contribution in [2.24, 2.45) is 0 Å². The van der Waals surface area contributed by atoms with Crippen molar-refractivity contribution in [2.45, 2.75) is 32.1 Å². The van der Waals surface area contributed by atoms with Crippen LogP contribution in [0.25, 0.3) is 0 Å². The Labute approximate surface area is 95.5 Å². The summed E-state index contributed by atoms with van der Waals surface area (Å²) in [6, 6.07) is 0. The molecular formula is C10H16N2O3S. The van der Waals surface area contributed by atoms with Crippen molar-refractivity contribution in [2.75, 3.05) is 6.26 Å². The van der Waals surface area contributed by atoms with Crippen LogP contribution < -0.4 is 0 Å². The summed E-state index contributed by atoms with van der Waals surface area (Å²) in [6.45, 7) is 4.89. The topological polar surface area (TPSA) is 80.2 Å². The van der Waals surface area contributed by atoms with Crippen LogP contribution in [0.2, 0.25) is 0 Å². The highest BCUT2D eigenvalue weighted by atomic mass is 32.2. The molecule has 0 fully saturated rings. The van der Waals surface area contributed by atoms with E-state index in [2.05, 4.69) is 9.97 Å². The van der Waals surface area contributed by atoms with E-state index in [1.54, 1.807) is 20.8 Å². The van der Waals surface area contributed by atoms with Gasteiger partial charge in [-0.2, -0.15) is 0 Å². The molecule has 2 atom stereocenters. The third-order valence-electron chi connectivity index (χ3n) is 2.49. The molecule has 1 unspecified atom stereocenters. The molecule has 1 rings (SSSR count). The van der Waals surface area contributed by atoms with Crippen LogP contribution in [0.5, 0.6) is 0 Å². The van der Waals surface area contributed by atoms with Crippen LogP contribution in [0.15, 0.2) is 6.20 Å². The average Bonchev–Trinajstić information content (AvgIpc) is 2.14. The summed E-state index contributed by atoms with van der Waals surface area (Å²) < 4.78 is 22.7. The Morgan fingerprint density at radius 2 is 1.94 bits per heavy atom. The lowest BCUT2D eigenvalue weighted by Gasteiger charge is -2.12. The number of hydrogen-bond donors (Lipinski definition) is 1. The minimum absolute atomic E-state index is 0.268. The fourth-order valence-corrected chi connectivity index (χ4v) is 1.79. The van der Waals surface area contributed by atoms with Gasteiger partial charge in [-0.3, -0.25) is 0 Å². The first-order valence-corrected chi connectivity index (χ1v) is 6.89. The molecule has 0 saturated heterocycles. The molecule has 0 saturated carbocycles. The summed E-state index contributed by atoms with van der Waals surface area (Å²) >= 11 is 0. The summed E-state index contributed by atoms with van der Waals surface area (Å²) in [4.78, 5) is 8.09. The lowest BCUT2D eigenvalue weighted by atomic mass is 10.1. The van der Waals surface area contributed by atoms with Crippen LogP contribution in [0.1, 0.15) is 42.3 Å². The third kappa shape index (κ3) is 2.76. The lowest BCUT2D eigenvalue weighted by Crippen LogP contribution is -2.13. The van der Waals surface area contributed by atoms with Gasteiger partial charge in [-0.1, -0.05) is 0 Å². The molecule has 0 aromatic carbocycles. The maximum Gasteiger partial charge on any atom is 0.157 e. The van der Waals surface area contributed by atoms with Crippen LogP contribution in [0.3, 0.4) is 0 Å². The maximum atomic E-state index is 11.3. The molecule has 16 heavy (non-hydrogen) atoms. The summed E-state index contributed by atoms with van der Waals surface area (Å²) in [7, 11) is -3.19. The number of aromatic nitrogens is 2. The van der Waals surface area contributed by atoms with Crippen LogP contribution >= 0.6 is 0 Å². The summed E-state index contributed by atoms with van der Waals surface area (Å²) in [6.07, 6.45) is 1.98. The number of sulfone groups is 1. The predicted octanol–water partition coefficient (Wildman–Crippen LogP) is 0.944. The summed E-state index contributed by atoms with van der Waals surface area (Å²) in [5.74, 6) is 0.268. The van der Waals surface area contributed by atoms with E-state index in [-0.39, 0.29) is 5.82 Å². The molecule has 0 bridgehead atoms. The van der Waals surface area contributed by atoms with Gasteiger partial charge >= 0.3 is 0 Å². The van der Waals surface area contributed by atoms with Gasteiger partial charge in [0.25, 0.3) is 0 Å². The first-order valence-electron chi connectivity index (χ1n) is 4.94. The predicted molar refractivity (Wildman–Crippen MR) is 60.7 cm³/mol.